The lowest BCUT2D eigenvalue weighted by molar-refractivity contribution is 0.249. The van der Waals surface area contributed by atoms with Gasteiger partial charge in [0.2, 0.25) is 16.0 Å². The number of aromatic nitrogens is 2. The zero-order valence-corrected chi connectivity index (χ0v) is 16.0. The van der Waals surface area contributed by atoms with Crippen LogP contribution in [0.3, 0.4) is 0 Å². The van der Waals surface area contributed by atoms with Crippen molar-refractivity contribution in [1.29, 1.82) is 0 Å². The Labute approximate surface area is 159 Å². The van der Waals surface area contributed by atoms with Gasteiger partial charge in [0, 0.05) is 25.0 Å². The molecule has 0 saturated heterocycles. The van der Waals surface area contributed by atoms with Crippen molar-refractivity contribution in [2.75, 3.05) is 23.7 Å². The lowest BCUT2D eigenvalue weighted by atomic mass is 10.3. The number of anilines is 3. The van der Waals surface area contributed by atoms with Gasteiger partial charge < -0.3 is 21.7 Å². The second kappa shape index (κ2) is 8.78. The van der Waals surface area contributed by atoms with Gasteiger partial charge >= 0.3 is 6.03 Å². The second-order valence-corrected chi connectivity index (χ2v) is 7.57. The number of carbonyl (C=O) groups is 1. The molecule has 0 saturated carbocycles. The zero-order valence-electron chi connectivity index (χ0n) is 13.6. The molecule has 0 radical (unpaired) electrons. The van der Waals surface area contributed by atoms with Crippen molar-refractivity contribution in [2.24, 2.45) is 10.9 Å². The van der Waals surface area contributed by atoms with E-state index in [1.165, 1.54) is 12.1 Å². The number of hydrogen-bond acceptors (Lipinski definition) is 7. The summed E-state index contributed by atoms with van der Waals surface area (Å²) >= 11 is 3.35. The maximum atomic E-state index is 11.3. The third-order valence-electron chi connectivity index (χ3n) is 3.13. The van der Waals surface area contributed by atoms with E-state index in [0.29, 0.717) is 41.4 Å². The quantitative estimate of drug-likeness (QED) is 0.380. The molecule has 2 rings (SSSR count). The maximum absolute atomic E-state index is 11.3. The van der Waals surface area contributed by atoms with E-state index in [4.69, 9.17) is 10.9 Å². The third-order valence-corrected chi connectivity index (χ3v) is 4.64. The standard InChI is InChI=1S/C14H18BrN7O3S/c15-11-8-20-14(22-12(11)18-6-1-7-19-13(16)23)21-9-2-4-10(5-3-9)26(17,24)25/h2-5,8H,1,6-7H2,(H3,16,19,23)(H2,17,24,25)(H2,18,20,21,22). The van der Waals surface area contributed by atoms with Gasteiger partial charge in [0.25, 0.3) is 0 Å². The number of primary amides is 1. The predicted molar refractivity (Wildman–Crippen MR) is 102 cm³/mol. The summed E-state index contributed by atoms with van der Waals surface area (Å²) in [7, 11) is -3.73. The first-order valence-corrected chi connectivity index (χ1v) is 9.79. The molecule has 140 valence electrons. The Hall–Kier alpha value is -2.44. The van der Waals surface area contributed by atoms with E-state index in [9.17, 15) is 13.2 Å². The minimum Gasteiger partial charge on any atom is -0.369 e. The highest BCUT2D eigenvalue weighted by molar-refractivity contribution is 9.10. The van der Waals surface area contributed by atoms with Crippen LogP contribution in [0.1, 0.15) is 6.42 Å². The molecule has 0 fully saturated rings. The molecular formula is C14H18BrN7O3S. The fourth-order valence-electron chi connectivity index (χ4n) is 1.92. The third kappa shape index (κ3) is 6.13. The Bertz CT molecular complexity index is 875. The molecular weight excluding hydrogens is 426 g/mol. The van der Waals surface area contributed by atoms with Crippen molar-refractivity contribution in [3.8, 4) is 0 Å². The molecule has 1 aromatic heterocycles. The highest BCUT2D eigenvalue weighted by atomic mass is 79.9. The van der Waals surface area contributed by atoms with E-state index in [0.717, 1.165) is 0 Å². The molecule has 0 aliphatic carbocycles. The van der Waals surface area contributed by atoms with Gasteiger partial charge in [-0.25, -0.2) is 23.3 Å². The number of nitrogens with zero attached hydrogens (tertiary/aromatic N) is 2. The molecule has 0 atom stereocenters. The zero-order chi connectivity index (χ0) is 19.2. The lowest BCUT2D eigenvalue weighted by Crippen LogP contribution is -2.30. The Morgan fingerprint density at radius 1 is 1.19 bits per heavy atom. The number of halogens is 1. The topological polar surface area (TPSA) is 165 Å². The smallest absolute Gasteiger partial charge is 0.312 e. The Kier molecular flexibility index (Phi) is 6.71. The second-order valence-electron chi connectivity index (χ2n) is 5.16. The number of nitrogens with two attached hydrogens (primary N) is 2. The molecule has 0 aliphatic heterocycles. The minimum atomic E-state index is -3.73. The molecule has 26 heavy (non-hydrogen) atoms. The van der Waals surface area contributed by atoms with Gasteiger partial charge in [0.1, 0.15) is 5.82 Å². The monoisotopic (exact) mass is 443 g/mol. The van der Waals surface area contributed by atoms with Gasteiger partial charge in [-0.1, -0.05) is 0 Å². The summed E-state index contributed by atoms with van der Waals surface area (Å²) in [6, 6.07) is 5.35. The Balaban J connectivity index is 1.99. The van der Waals surface area contributed by atoms with Crippen LogP contribution in [0.4, 0.5) is 22.2 Å². The largest absolute Gasteiger partial charge is 0.369 e. The highest BCUT2D eigenvalue weighted by Crippen LogP contribution is 2.22. The minimum absolute atomic E-state index is 0.0201. The summed E-state index contributed by atoms with van der Waals surface area (Å²) in [5.74, 6) is 0.900. The number of sulfonamides is 1. The number of rotatable bonds is 8. The summed E-state index contributed by atoms with van der Waals surface area (Å²) in [6.45, 7) is 1.02. The first-order chi connectivity index (χ1) is 12.3. The molecule has 2 amide bonds. The van der Waals surface area contributed by atoms with Crippen LogP contribution in [-0.4, -0.2) is 37.5 Å². The van der Waals surface area contributed by atoms with Crippen LogP contribution in [0.2, 0.25) is 0 Å². The molecule has 0 unspecified atom stereocenters. The van der Waals surface area contributed by atoms with Gasteiger partial charge in [-0.2, -0.15) is 4.98 Å². The van der Waals surface area contributed by atoms with Crippen molar-refractivity contribution in [2.45, 2.75) is 11.3 Å². The molecule has 1 heterocycles. The average molecular weight is 444 g/mol. The van der Waals surface area contributed by atoms with Crippen molar-refractivity contribution in [3.05, 3.63) is 34.9 Å². The SMILES string of the molecule is NC(=O)NCCCNc1nc(Nc2ccc(S(N)(=O)=O)cc2)ncc1Br. The lowest BCUT2D eigenvalue weighted by Gasteiger charge is -2.10. The number of benzene rings is 1. The normalized spacial score (nSPS) is 11.0. The van der Waals surface area contributed by atoms with Crippen LogP contribution in [0.15, 0.2) is 39.8 Å². The summed E-state index contributed by atoms with van der Waals surface area (Å²) in [4.78, 5) is 19.1. The number of primary sulfonamides is 1. The van der Waals surface area contributed by atoms with E-state index in [2.05, 4.69) is 41.8 Å². The predicted octanol–water partition coefficient (Wildman–Crippen LogP) is 1.10. The first-order valence-electron chi connectivity index (χ1n) is 7.45. The van der Waals surface area contributed by atoms with Crippen LogP contribution in [-0.2, 0) is 10.0 Å². The Morgan fingerprint density at radius 2 is 1.88 bits per heavy atom. The van der Waals surface area contributed by atoms with Gasteiger partial charge in [-0.3, -0.25) is 0 Å². The maximum Gasteiger partial charge on any atom is 0.312 e. The molecule has 12 heteroatoms. The fourth-order valence-corrected chi connectivity index (χ4v) is 2.76. The summed E-state index contributed by atoms with van der Waals surface area (Å²) in [5.41, 5.74) is 5.60. The van der Waals surface area contributed by atoms with Crippen LogP contribution in [0, 0.1) is 0 Å². The number of amides is 2. The number of hydrogen-bond donors (Lipinski definition) is 5. The highest BCUT2D eigenvalue weighted by Gasteiger charge is 2.08. The van der Waals surface area contributed by atoms with Crippen molar-refractivity contribution in [3.63, 3.8) is 0 Å². The molecule has 7 N–H and O–H groups in total. The van der Waals surface area contributed by atoms with Crippen LogP contribution in [0.25, 0.3) is 0 Å². The van der Waals surface area contributed by atoms with Gasteiger partial charge in [0.15, 0.2) is 0 Å². The average Bonchev–Trinajstić information content (AvgIpc) is 2.56. The number of carbonyl (C=O) groups excluding carboxylic acids is 1. The molecule has 2 aromatic rings. The summed E-state index contributed by atoms with van der Waals surface area (Å²) < 4.78 is 23.2. The van der Waals surface area contributed by atoms with Crippen molar-refractivity contribution < 1.29 is 13.2 Å². The number of nitrogens with one attached hydrogen (secondary N) is 3. The van der Waals surface area contributed by atoms with Gasteiger partial charge in [-0.05, 0) is 46.6 Å². The molecule has 10 nitrogen and oxygen atoms in total. The molecule has 0 bridgehead atoms. The summed E-state index contributed by atoms with van der Waals surface area (Å²) in [5, 5.41) is 13.7. The fraction of sp³-hybridized carbons (Fsp3) is 0.214. The van der Waals surface area contributed by atoms with Crippen LogP contribution < -0.4 is 26.8 Å². The van der Waals surface area contributed by atoms with E-state index >= 15 is 0 Å². The van der Waals surface area contributed by atoms with Crippen LogP contribution >= 0.6 is 15.9 Å². The van der Waals surface area contributed by atoms with E-state index in [1.807, 2.05) is 0 Å². The Morgan fingerprint density at radius 3 is 2.50 bits per heavy atom. The molecule has 0 aliphatic rings. The van der Waals surface area contributed by atoms with Crippen LogP contribution in [0.5, 0.6) is 0 Å². The van der Waals surface area contributed by atoms with E-state index in [1.54, 1.807) is 18.3 Å². The molecule has 1 aromatic carbocycles. The van der Waals surface area contributed by atoms with Crippen molar-refractivity contribution >= 4 is 49.4 Å². The number of urea groups is 1. The molecule has 0 spiro atoms. The van der Waals surface area contributed by atoms with E-state index in [-0.39, 0.29) is 4.90 Å². The van der Waals surface area contributed by atoms with E-state index < -0.39 is 16.1 Å². The van der Waals surface area contributed by atoms with Crippen molar-refractivity contribution in [1.82, 2.24) is 15.3 Å². The summed E-state index contributed by atoms with van der Waals surface area (Å²) in [6.07, 6.45) is 2.25. The van der Waals surface area contributed by atoms with Gasteiger partial charge in [-0.15, -0.1) is 0 Å². The van der Waals surface area contributed by atoms with Gasteiger partial charge in [0.05, 0.1) is 9.37 Å². The first kappa shape index (κ1) is 19.9.